The Morgan fingerprint density at radius 3 is 2.66 bits per heavy atom. The first-order valence-corrected chi connectivity index (χ1v) is 10.4. The van der Waals surface area contributed by atoms with Crippen LogP contribution >= 0.6 is 0 Å². The first-order valence-electron chi connectivity index (χ1n) is 10.4. The number of hydrogen-bond acceptors (Lipinski definition) is 5. The number of rotatable bonds is 4. The van der Waals surface area contributed by atoms with Crippen LogP contribution in [0.5, 0.6) is 5.88 Å². The van der Waals surface area contributed by atoms with E-state index in [-0.39, 0.29) is 11.4 Å². The fourth-order valence-electron chi connectivity index (χ4n) is 3.93. The van der Waals surface area contributed by atoms with E-state index in [0.29, 0.717) is 24.5 Å². The van der Waals surface area contributed by atoms with Crippen LogP contribution in [0.3, 0.4) is 0 Å². The molecule has 162 valence electrons. The van der Waals surface area contributed by atoms with E-state index < -0.39 is 0 Å². The smallest absolute Gasteiger partial charge is 0.322 e. The minimum atomic E-state index is -0.287. The van der Waals surface area contributed by atoms with Crippen molar-refractivity contribution in [3.63, 3.8) is 0 Å². The molecule has 0 bridgehead atoms. The van der Waals surface area contributed by atoms with Crippen LogP contribution in [-0.2, 0) is 12.0 Å². The lowest BCUT2D eigenvalue weighted by Gasteiger charge is -2.20. The number of carbonyl (C=O) groups excluding carboxylic acids is 1. The Kier molecular flexibility index (Phi) is 5.54. The summed E-state index contributed by atoms with van der Waals surface area (Å²) < 4.78 is 5.20. The minimum absolute atomic E-state index is 0.168. The van der Waals surface area contributed by atoms with E-state index >= 15 is 0 Å². The van der Waals surface area contributed by atoms with E-state index in [1.54, 1.807) is 30.3 Å². The molecule has 1 N–H and O–H groups in total. The second kappa shape index (κ2) is 8.31. The zero-order valence-electron chi connectivity index (χ0n) is 18.6. The molecule has 1 aliphatic heterocycles. The largest absolute Gasteiger partial charge is 0.481 e. The lowest BCUT2D eigenvalue weighted by atomic mass is 9.91. The van der Waals surface area contributed by atoms with Gasteiger partial charge in [-0.1, -0.05) is 26.0 Å². The van der Waals surface area contributed by atoms with Gasteiger partial charge >= 0.3 is 6.03 Å². The van der Waals surface area contributed by atoms with Crippen LogP contribution in [0.15, 0.2) is 48.7 Å². The fourth-order valence-corrected chi connectivity index (χ4v) is 3.93. The number of fused-ring (bicyclic) bond motifs is 1. The summed E-state index contributed by atoms with van der Waals surface area (Å²) in [4.78, 5) is 24.0. The lowest BCUT2D eigenvalue weighted by Crippen LogP contribution is -2.41. The number of carbonyl (C=O) groups is 1. The monoisotopic (exact) mass is 427 g/mol. The minimum Gasteiger partial charge on any atom is -0.481 e. The van der Waals surface area contributed by atoms with Gasteiger partial charge in [-0.25, -0.2) is 14.8 Å². The zero-order chi connectivity index (χ0) is 22.9. The van der Waals surface area contributed by atoms with Crippen molar-refractivity contribution in [1.29, 1.82) is 5.26 Å². The summed E-state index contributed by atoms with van der Waals surface area (Å²) in [5.41, 5.74) is 5.74. The predicted molar refractivity (Wildman–Crippen MR) is 123 cm³/mol. The summed E-state index contributed by atoms with van der Waals surface area (Å²) in [5, 5.41) is 11.9. The summed E-state index contributed by atoms with van der Waals surface area (Å²) in [6.07, 6.45) is 1.77. The number of nitrogens with one attached hydrogen (secondary N) is 1. The van der Waals surface area contributed by atoms with Gasteiger partial charge in [-0.05, 0) is 42.3 Å². The topological polar surface area (TPSA) is 91.1 Å². The molecule has 0 saturated carbocycles. The highest BCUT2D eigenvalue weighted by Crippen LogP contribution is 2.40. The molecule has 7 heteroatoms. The number of nitrogens with zero attached hydrogens (tertiary/aromatic N) is 4. The second-order valence-corrected chi connectivity index (χ2v) is 8.54. The average Bonchev–Trinajstić information content (AvgIpc) is 3.08. The number of hydrogen-bond donors (Lipinski definition) is 1. The molecule has 2 aromatic heterocycles. The summed E-state index contributed by atoms with van der Waals surface area (Å²) >= 11 is 0. The number of benzene rings is 1. The van der Waals surface area contributed by atoms with Gasteiger partial charge in [0.15, 0.2) is 0 Å². The quantitative estimate of drug-likeness (QED) is 0.669. The molecule has 0 spiro atoms. The van der Waals surface area contributed by atoms with Crippen molar-refractivity contribution in [1.82, 2.24) is 15.3 Å². The highest BCUT2D eigenvalue weighted by molar-refractivity contribution is 5.95. The summed E-state index contributed by atoms with van der Waals surface area (Å²) in [7, 11) is 1.60. The third-order valence-electron chi connectivity index (χ3n) is 5.70. The number of aromatic nitrogens is 2. The third-order valence-corrected chi connectivity index (χ3v) is 5.70. The van der Waals surface area contributed by atoms with Crippen LogP contribution in [0.4, 0.5) is 10.5 Å². The first-order chi connectivity index (χ1) is 15.3. The Labute approximate surface area is 187 Å². The maximum absolute atomic E-state index is 13.0. The Balaban J connectivity index is 1.56. The third kappa shape index (κ3) is 4.00. The number of methoxy groups -OCH3 is 1. The van der Waals surface area contributed by atoms with Crippen LogP contribution in [0.2, 0.25) is 0 Å². The van der Waals surface area contributed by atoms with Gasteiger partial charge in [0.1, 0.15) is 0 Å². The van der Waals surface area contributed by atoms with Crippen molar-refractivity contribution in [2.24, 2.45) is 0 Å². The van der Waals surface area contributed by atoms with E-state index in [2.05, 4.69) is 30.2 Å². The molecule has 0 atom stereocenters. The molecule has 7 nitrogen and oxygen atoms in total. The van der Waals surface area contributed by atoms with E-state index in [0.717, 1.165) is 33.8 Å². The number of pyridine rings is 2. The molecular formula is C25H25N5O2. The van der Waals surface area contributed by atoms with Gasteiger partial charge in [0.25, 0.3) is 0 Å². The van der Waals surface area contributed by atoms with Crippen molar-refractivity contribution in [2.45, 2.75) is 32.7 Å². The Morgan fingerprint density at radius 1 is 1.25 bits per heavy atom. The van der Waals surface area contributed by atoms with Crippen LogP contribution in [0, 0.1) is 18.3 Å². The summed E-state index contributed by atoms with van der Waals surface area (Å²) in [6, 6.07) is 14.9. The molecule has 0 unspecified atom stereocenters. The van der Waals surface area contributed by atoms with Gasteiger partial charge in [0.05, 0.1) is 35.8 Å². The Morgan fingerprint density at radius 2 is 2.00 bits per heavy atom. The highest BCUT2D eigenvalue weighted by Gasteiger charge is 2.39. The Bertz CT molecular complexity index is 1210. The molecular weight excluding hydrogens is 402 g/mol. The van der Waals surface area contributed by atoms with Crippen LogP contribution in [0.25, 0.3) is 11.3 Å². The first kappa shape index (κ1) is 21.3. The second-order valence-electron chi connectivity index (χ2n) is 8.54. The number of nitriles is 1. The molecule has 1 aliphatic rings. The van der Waals surface area contributed by atoms with Crippen molar-refractivity contribution in [2.75, 3.05) is 18.6 Å². The van der Waals surface area contributed by atoms with Crippen LogP contribution in [-0.4, -0.2) is 29.7 Å². The van der Waals surface area contributed by atoms with Crippen LogP contribution < -0.4 is 15.0 Å². The predicted octanol–water partition coefficient (Wildman–Crippen LogP) is 4.34. The summed E-state index contributed by atoms with van der Waals surface area (Å²) in [6.45, 7) is 7.12. The maximum Gasteiger partial charge on any atom is 0.322 e. The number of amides is 2. The average molecular weight is 428 g/mol. The SMILES string of the molecule is COc1cc(C)c(-c2ccc3c(n2)C(C)(C)CN3C(=O)NCc2ccc(C#N)cc2)cn1. The van der Waals surface area contributed by atoms with E-state index in [1.807, 2.05) is 37.3 Å². The molecule has 32 heavy (non-hydrogen) atoms. The fraction of sp³-hybridized carbons (Fsp3) is 0.280. The number of anilines is 1. The lowest BCUT2D eigenvalue weighted by molar-refractivity contribution is 0.245. The van der Waals surface area contributed by atoms with Gasteiger partial charge in [0, 0.05) is 36.3 Å². The van der Waals surface area contributed by atoms with Gasteiger partial charge in [-0.15, -0.1) is 0 Å². The van der Waals surface area contributed by atoms with Gasteiger partial charge < -0.3 is 10.1 Å². The van der Waals surface area contributed by atoms with Crippen molar-refractivity contribution in [3.05, 3.63) is 71.0 Å². The maximum atomic E-state index is 13.0. The standard InChI is InChI=1S/C25H25N5O2/c1-16-11-22(32-4)27-14-19(16)20-9-10-21-23(29-20)25(2,3)15-30(21)24(31)28-13-18-7-5-17(12-26)6-8-18/h5-11,14H,13,15H2,1-4H3,(H,28,31). The molecule has 1 aromatic carbocycles. The van der Waals surface area contributed by atoms with Gasteiger partial charge in [0.2, 0.25) is 5.88 Å². The van der Waals surface area contributed by atoms with Crippen molar-refractivity contribution >= 4 is 11.7 Å². The number of urea groups is 1. The Hall–Kier alpha value is -3.92. The number of aryl methyl sites for hydroxylation is 1. The molecule has 0 aliphatic carbocycles. The van der Waals surface area contributed by atoms with E-state index in [9.17, 15) is 4.79 Å². The molecule has 4 rings (SSSR count). The van der Waals surface area contributed by atoms with Crippen molar-refractivity contribution < 1.29 is 9.53 Å². The van der Waals surface area contributed by atoms with E-state index in [4.69, 9.17) is 15.0 Å². The van der Waals surface area contributed by atoms with Gasteiger partial charge in [-0.2, -0.15) is 5.26 Å². The molecule has 0 radical (unpaired) electrons. The van der Waals surface area contributed by atoms with Crippen LogP contribution in [0.1, 0.15) is 36.2 Å². The summed E-state index contributed by atoms with van der Waals surface area (Å²) in [5.74, 6) is 0.567. The highest BCUT2D eigenvalue weighted by atomic mass is 16.5. The van der Waals surface area contributed by atoms with Crippen molar-refractivity contribution in [3.8, 4) is 23.2 Å². The zero-order valence-corrected chi connectivity index (χ0v) is 18.6. The molecule has 3 aromatic rings. The van der Waals surface area contributed by atoms with E-state index in [1.165, 1.54) is 0 Å². The molecule has 0 saturated heterocycles. The number of ether oxygens (including phenoxy) is 1. The van der Waals surface area contributed by atoms with Gasteiger partial charge in [-0.3, -0.25) is 4.90 Å². The molecule has 3 heterocycles. The molecule has 2 amide bonds. The normalized spacial score (nSPS) is 13.9. The molecule has 0 fully saturated rings.